The van der Waals surface area contributed by atoms with E-state index in [-0.39, 0.29) is 13.0 Å². The lowest BCUT2D eigenvalue weighted by Crippen LogP contribution is -2.22. The van der Waals surface area contributed by atoms with Crippen molar-refractivity contribution in [2.45, 2.75) is 12.5 Å². The number of benzene rings is 1. The maximum atomic E-state index is 10.3. The minimum Gasteiger partial charge on any atom is -0.497 e. The minimum atomic E-state index is -1.01. The molecule has 1 unspecified atom stereocenters. The quantitative estimate of drug-likeness (QED) is 0.671. The van der Waals surface area contributed by atoms with Gasteiger partial charge in [0.2, 0.25) is 0 Å². The molecule has 0 fully saturated rings. The Bertz CT molecular complexity index is 336. The number of aliphatic hydroxyl groups excluding tert-OH is 1. The molecule has 16 heavy (non-hydrogen) atoms. The van der Waals surface area contributed by atoms with Gasteiger partial charge in [0.1, 0.15) is 5.75 Å². The Hall–Kier alpha value is -1.75. The number of ether oxygens (including phenoxy) is 1. The Morgan fingerprint density at radius 3 is 2.56 bits per heavy atom. The number of hydrogen-bond donors (Lipinski definition) is 3. The zero-order chi connectivity index (χ0) is 12.0. The summed E-state index contributed by atoms with van der Waals surface area (Å²) in [7, 11) is 1.58. The first-order valence-corrected chi connectivity index (χ1v) is 4.89. The van der Waals surface area contributed by atoms with Crippen LogP contribution in [0.2, 0.25) is 0 Å². The number of anilines is 1. The van der Waals surface area contributed by atoms with Crippen molar-refractivity contribution in [3.8, 4) is 5.75 Å². The lowest BCUT2D eigenvalue weighted by atomic mass is 10.2. The first kappa shape index (κ1) is 12.3. The Morgan fingerprint density at radius 1 is 1.44 bits per heavy atom. The van der Waals surface area contributed by atoms with Crippen molar-refractivity contribution in [3.63, 3.8) is 0 Å². The molecule has 0 aromatic heterocycles. The normalized spacial score (nSPS) is 11.9. The molecule has 3 N–H and O–H groups in total. The third-order valence-electron chi connectivity index (χ3n) is 2.04. The summed E-state index contributed by atoms with van der Waals surface area (Å²) in [4.78, 5) is 10.3. The molecule has 5 nitrogen and oxygen atoms in total. The van der Waals surface area contributed by atoms with E-state index in [0.717, 1.165) is 11.4 Å². The van der Waals surface area contributed by atoms with Crippen molar-refractivity contribution in [3.05, 3.63) is 24.3 Å². The molecule has 1 rings (SSSR count). The van der Waals surface area contributed by atoms with Crippen molar-refractivity contribution < 1.29 is 19.7 Å². The Balaban J connectivity index is 2.39. The third-order valence-corrected chi connectivity index (χ3v) is 2.04. The van der Waals surface area contributed by atoms with Gasteiger partial charge in [-0.05, 0) is 24.3 Å². The molecule has 0 saturated carbocycles. The van der Waals surface area contributed by atoms with Crippen LogP contribution in [0.5, 0.6) is 5.75 Å². The highest BCUT2D eigenvalue weighted by molar-refractivity contribution is 5.67. The molecule has 0 heterocycles. The number of carboxylic acid groups (broad SMARTS) is 1. The van der Waals surface area contributed by atoms with Gasteiger partial charge in [-0.3, -0.25) is 4.79 Å². The molecule has 0 saturated heterocycles. The topological polar surface area (TPSA) is 78.8 Å². The van der Waals surface area contributed by atoms with Crippen molar-refractivity contribution in [2.24, 2.45) is 0 Å². The molecule has 5 heteroatoms. The standard InChI is InChI=1S/C11H15NO4/c1-16-10-4-2-8(3-5-10)12-7-9(13)6-11(14)15/h2-5,9,12-13H,6-7H2,1H3,(H,14,15). The molecule has 0 bridgehead atoms. The zero-order valence-electron chi connectivity index (χ0n) is 9.01. The summed E-state index contributed by atoms with van der Waals surface area (Å²) < 4.78 is 4.99. The summed E-state index contributed by atoms with van der Waals surface area (Å²) in [6.07, 6.45) is -1.15. The molecule has 1 atom stereocenters. The van der Waals surface area contributed by atoms with E-state index in [1.165, 1.54) is 0 Å². The molecule has 0 amide bonds. The lowest BCUT2D eigenvalue weighted by molar-refractivity contribution is -0.138. The predicted molar refractivity (Wildman–Crippen MR) is 59.7 cm³/mol. The van der Waals surface area contributed by atoms with Gasteiger partial charge < -0.3 is 20.3 Å². The van der Waals surface area contributed by atoms with Crippen LogP contribution in [0.25, 0.3) is 0 Å². The molecule has 0 radical (unpaired) electrons. The summed E-state index contributed by atoms with van der Waals surface area (Å²) in [6, 6.07) is 7.16. The zero-order valence-corrected chi connectivity index (χ0v) is 9.01. The second kappa shape index (κ2) is 5.97. The van der Waals surface area contributed by atoms with Crippen molar-refractivity contribution in [1.82, 2.24) is 0 Å². The van der Waals surface area contributed by atoms with E-state index in [2.05, 4.69) is 5.32 Å². The van der Waals surface area contributed by atoms with Gasteiger partial charge in [0.05, 0.1) is 19.6 Å². The molecule has 0 aliphatic rings. The van der Waals surface area contributed by atoms with Gasteiger partial charge in [0.25, 0.3) is 0 Å². The number of hydrogen-bond acceptors (Lipinski definition) is 4. The largest absolute Gasteiger partial charge is 0.497 e. The predicted octanol–water partition coefficient (Wildman–Crippen LogP) is 0.943. The van der Waals surface area contributed by atoms with E-state index in [4.69, 9.17) is 9.84 Å². The van der Waals surface area contributed by atoms with Crippen LogP contribution in [-0.4, -0.2) is 35.9 Å². The summed E-state index contributed by atoms with van der Waals surface area (Å²) in [5.74, 6) is -0.263. The monoisotopic (exact) mass is 225 g/mol. The summed E-state index contributed by atoms with van der Waals surface area (Å²) in [5, 5.41) is 20.7. The van der Waals surface area contributed by atoms with E-state index in [9.17, 15) is 9.90 Å². The average Bonchev–Trinajstić information content (AvgIpc) is 2.26. The fourth-order valence-corrected chi connectivity index (χ4v) is 1.22. The van der Waals surface area contributed by atoms with Crippen LogP contribution in [0, 0.1) is 0 Å². The molecular formula is C11H15NO4. The maximum absolute atomic E-state index is 10.3. The van der Waals surface area contributed by atoms with Crippen molar-refractivity contribution >= 4 is 11.7 Å². The Kier molecular flexibility index (Phi) is 4.60. The fraction of sp³-hybridized carbons (Fsp3) is 0.364. The molecule has 1 aromatic rings. The van der Waals surface area contributed by atoms with Crippen LogP contribution in [0.3, 0.4) is 0 Å². The first-order chi connectivity index (χ1) is 7.61. The van der Waals surface area contributed by atoms with Crippen LogP contribution in [0.15, 0.2) is 24.3 Å². The van der Waals surface area contributed by atoms with Crippen LogP contribution >= 0.6 is 0 Å². The van der Waals surface area contributed by atoms with E-state index >= 15 is 0 Å². The number of rotatable bonds is 6. The molecule has 0 aliphatic heterocycles. The number of carbonyl (C=O) groups is 1. The van der Waals surface area contributed by atoms with Gasteiger partial charge in [-0.15, -0.1) is 0 Å². The number of methoxy groups -OCH3 is 1. The molecular weight excluding hydrogens is 210 g/mol. The van der Waals surface area contributed by atoms with E-state index in [1.54, 1.807) is 31.4 Å². The number of carboxylic acids is 1. The number of aliphatic hydroxyl groups is 1. The summed E-state index contributed by atoms with van der Waals surface area (Å²) in [5.41, 5.74) is 0.810. The first-order valence-electron chi connectivity index (χ1n) is 4.89. The van der Waals surface area contributed by atoms with Gasteiger partial charge in [-0.2, -0.15) is 0 Å². The highest BCUT2D eigenvalue weighted by atomic mass is 16.5. The van der Waals surface area contributed by atoms with E-state index in [1.807, 2.05) is 0 Å². The van der Waals surface area contributed by atoms with E-state index in [0.29, 0.717) is 0 Å². The third kappa shape index (κ3) is 4.18. The lowest BCUT2D eigenvalue weighted by Gasteiger charge is -2.11. The van der Waals surface area contributed by atoms with Crippen LogP contribution in [0.4, 0.5) is 5.69 Å². The summed E-state index contributed by atoms with van der Waals surface area (Å²) >= 11 is 0. The summed E-state index contributed by atoms with van der Waals surface area (Å²) in [6.45, 7) is 0.207. The van der Waals surface area contributed by atoms with Crippen LogP contribution in [0.1, 0.15) is 6.42 Å². The highest BCUT2D eigenvalue weighted by Gasteiger charge is 2.08. The van der Waals surface area contributed by atoms with Crippen LogP contribution in [-0.2, 0) is 4.79 Å². The smallest absolute Gasteiger partial charge is 0.306 e. The minimum absolute atomic E-state index is 0.207. The fourth-order valence-electron chi connectivity index (χ4n) is 1.22. The molecule has 0 aliphatic carbocycles. The van der Waals surface area contributed by atoms with Crippen molar-refractivity contribution in [2.75, 3.05) is 19.0 Å². The van der Waals surface area contributed by atoms with Gasteiger partial charge >= 0.3 is 5.97 Å². The Labute approximate surface area is 93.7 Å². The molecule has 1 aromatic carbocycles. The number of nitrogens with one attached hydrogen (secondary N) is 1. The van der Waals surface area contributed by atoms with Gasteiger partial charge in [-0.25, -0.2) is 0 Å². The van der Waals surface area contributed by atoms with E-state index < -0.39 is 12.1 Å². The second-order valence-corrected chi connectivity index (χ2v) is 3.36. The molecule has 88 valence electrons. The number of aliphatic carboxylic acids is 1. The molecule has 0 spiro atoms. The van der Waals surface area contributed by atoms with Crippen molar-refractivity contribution in [1.29, 1.82) is 0 Å². The van der Waals surface area contributed by atoms with Gasteiger partial charge in [-0.1, -0.05) is 0 Å². The van der Waals surface area contributed by atoms with Gasteiger partial charge in [0.15, 0.2) is 0 Å². The second-order valence-electron chi connectivity index (χ2n) is 3.36. The highest BCUT2D eigenvalue weighted by Crippen LogP contribution is 2.14. The maximum Gasteiger partial charge on any atom is 0.306 e. The van der Waals surface area contributed by atoms with Crippen LogP contribution < -0.4 is 10.1 Å². The average molecular weight is 225 g/mol. The van der Waals surface area contributed by atoms with Gasteiger partial charge in [0, 0.05) is 12.2 Å². The Morgan fingerprint density at radius 2 is 2.06 bits per heavy atom. The SMILES string of the molecule is COc1ccc(NCC(O)CC(=O)O)cc1.